The second kappa shape index (κ2) is 5.14. The number of para-hydroxylation sites is 1. The van der Waals surface area contributed by atoms with Gasteiger partial charge < -0.3 is 10.3 Å². The van der Waals surface area contributed by atoms with Gasteiger partial charge in [0.1, 0.15) is 10.4 Å². The van der Waals surface area contributed by atoms with Gasteiger partial charge in [0.25, 0.3) is 5.91 Å². The number of nitrogens with zero attached hydrogens (tertiary/aromatic N) is 1. The Morgan fingerprint density at radius 2 is 2.00 bits per heavy atom. The standard InChI is InChI=1S/C16H15Cl2N3O2/c17-16(18)6-10(16)8-21-14(22)13(20-15(21)23)5-9-7-19-12-4-2-1-3-11(9)12/h1-4,7,10,13,19H,5-6,8H2,(H,20,23). The molecular formula is C16H15Cl2N3O2. The number of nitrogens with one attached hydrogen (secondary N) is 2. The van der Waals surface area contributed by atoms with Gasteiger partial charge in [-0.2, -0.15) is 0 Å². The van der Waals surface area contributed by atoms with E-state index in [-0.39, 0.29) is 24.4 Å². The summed E-state index contributed by atoms with van der Waals surface area (Å²) >= 11 is 12.0. The van der Waals surface area contributed by atoms with Gasteiger partial charge in [0.15, 0.2) is 0 Å². The van der Waals surface area contributed by atoms with Gasteiger partial charge in [-0.05, 0) is 18.1 Å². The molecule has 2 aliphatic rings. The lowest BCUT2D eigenvalue weighted by Gasteiger charge is -2.13. The van der Waals surface area contributed by atoms with Crippen molar-refractivity contribution in [1.82, 2.24) is 15.2 Å². The van der Waals surface area contributed by atoms with Crippen molar-refractivity contribution in [2.24, 2.45) is 5.92 Å². The highest BCUT2D eigenvalue weighted by Gasteiger charge is 2.54. The van der Waals surface area contributed by atoms with E-state index in [0.717, 1.165) is 16.5 Å². The number of benzene rings is 1. The van der Waals surface area contributed by atoms with Gasteiger partial charge >= 0.3 is 6.03 Å². The van der Waals surface area contributed by atoms with Crippen molar-refractivity contribution >= 4 is 46.0 Å². The van der Waals surface area contributed by atoms with E-state index in [9.17, 15) is 9.59 Å². The second-order valence-electron chi connectivity index (χ2n) is 6.18. The lowest BCUT2D eigenvalue weighted by atomic mass is 10.1. The zero-order valence-electron chi connectivity index (χ0n) is 12.2. The fourth-order valence-electron chi connectivity index (χ4n) is 3.10. The Hall–Kier alpha value is -1.72. The highest BCUT2D eigenvalue weighted by Crippen LogP contribution is 2.53. The molecule has 2 fully saturated rings. The van der Waals surface area contributed by atoms with Crippen LogP contribution in [0.1, 0.15) is 12.0 Å². The largest absolute Gasteiger partial charge is 0.361 e. The zero-order valence-corrected chi connectivity index (χ0v) is 13.7. The van der Waals surface area contributed by atoms with Crippen molar-refractivity contribution in [3.63, 3.8) is 0 Å². The monoisotopic (exact) mass is 351 g/mol. The average molecular weight is 352 g/mol. The van der Waals surface area contributed by atoms with Gasteiger partial charge in [-0.25, -0.2) is 4.79 Å². The number of hydrogen-bond acceptors (Lipinski definition) is 2. The molecule has 5 nitrogen and oxygen atoms in total. The summed E-state index contributed by atoms with van der Waals surface area (Å²) in [5.41, 5.74) is 2.03. The van der Waals surface area contributed by atoms with Crippen molar-refractivity contribution in [2.75, 3.05) is 6.54 Å². The second-order valence-corrected chi connectivity index (χ2v) is 7.72. The van der Waals surface area contributed by atoms with Crippen LogP contribution in [0.15, 0.2) is 30.5 Å². The molecule has 1 aromatic heterocycles. The van der Waals surface area contributed by atoms with E-state index >= 15 is 0 Å². The predicted octanol–water partition coefficient (Wildman–Crippen LogP) is 2.82. The molecule has 2 atom stereocenters. The molecular weight excluding hydrogens is 337 g/mol. The highest BCUT2D eigenvalue weighted by molar-refractivity contribution is 6.50. The summed E-state index contributed by atoms with van der Waals surface area (Å²) in [6.07, 6.45) is 2.96. The van der Waals surface area contributed by atoms with E-state index < -0.39 is 10.4 Å². The number of aromatic nitrogens is 1. The highest BCUT2D eigenvalue weighted by atomic mass is 35.5. The van der Waals surface area contributed by atoms with Crippen LogP contribution in [0.2, 0.25) is 0 Å². The van der Waals surface area contributed by atoms with Gasteiger partial charge in [0.05, 0.1) is 0 Å². The number of fused-ring (bicyclic) bond motifs is 1. The Labute approximate surface area is 142 Å². The first-order valence-electron chi connectivity index (χ1n) is 7.50. The van der Waals surface area contributed by atoms with Gasteiger partial charge in [-0.15, -0.1) is 23.2 Å². The first-order valence-corrected chi connectivity index (χ1v) is 8.26. The van der Waals surface area contributed by atoms with Crippen LogP contribution in [0.25, 0.3) is 10.9 Å². The Bertz CT molecular complexity index is 801. The molecule has 1 saturated heterocycles. The number of halogens is 2. The van der Waals surface area contributed by atoms with Crippen LogP contribution >= 0.6 is 23.2 Å². The van der Waals surface area contributed by atoms with Crippen LogP contribution in [0.3, 0.4) is 0 Å². The Morgan fingerprint density at radius 3 is 2.74 bits per heavy atom. The molecule has 2 N–H and O–H groups in total. The molecule has 1 saturated carbocycles. The summed E-state index contributed by atoms with van der Waals surface area (Å²) in [5.74, 6) is -0.247. The van der Waals surface area contributed by atoms with Gasteiger partial charge in [-0.1, -0.05) is 18.2 Å². The number of amides is 3. The molecule has 0 spiro atoms. The smallest absolute Gasteiger partial charge is 0.324 e. The number of alkyl halides is 2. The number of carbonyl (C=O) groups excluding carboxylic acids is 2. The van der Waals surface area contributed by atoms with Crippen molar-refractivity contribution in [2.45, 2.75) is 23.2 Å². The molecule has 120 valence electrons. The van der Waals surface area contributed by atoms with Crippen LogP contribution in [-0.4, -0.2) is 38.7 Å². The lowest BCUT2D eigenvalue weighted by molar-refractivity contribution is -0.127. The third-order valence-corrected chi connectivity index (χ3v) is 5.49. The normalized spacial score (nSPS) is 25.9. The Morgan fingerprint density at radius 1 is 1.26 bits per heavy atom. The molecule has 3 amide bonds. The van der Waals surface area contributed by atoms with Gasteiger partial charge in [0.2, 0.25) is 0 Å². The Balaban J connectivity index is 1.50. The summed E-state index contributed by atoms with van der Waals surface area (Å²) in [4.78, 5) is 29.0. The first kappa shape index (κ1) is 14.8. The number of hydrogen-bond donors (Lipinski definition) is 2. The summed E-state index contributed by atoms with van der Waals surface area (Å²) < 4.78 is -0.796. The van der Waals surface area contributed by atoms with E-state index in [0.29, 0.717) is 12.8 Å². The molecule has 2 unspecified atom stereocenters. The predicted molar refractivity (Wildman–Crippen MR) is 88.6 cm³/mol. The minimum absolute atomic E-state index is 0.0348. The number of rotatable bonds is 4. The Kier molecular flexibility index (Phi) is 3.32. The van der Waals surface area contributed by atoms with E-state index in [1.807, 2.05) is 30.5 Å². The molecule has 7 heteroatoms. The maximum absolute atomic E-state index is 12.5. The number of urea groups is 1. The summed E-state index contributed by atoms with van der Waals surface area (Å²) in [7, 11) is 0. The molecule has 2 heterocycles. The molecule has 23 heavy (non-hydrogen) atoms. The number of H-pyrrole nitrogens is 1. The molecule has 1 aliphatic carbocycles. The lowest BCUT2D eigenvalue weighted by Crippen LogP contribution is -2.34. The van der Waals surface area contributed by atoms with Crippen molar-refractivity contribution < 1.29 is 9.59 Å². The minimum atomic E-state index is -0.796. The van der Waals surface area contributed by atoms with Crippen LogP contribution in [-0.2, 0) is 11.2 Å². The van der Waals surface area contributed by atoms with E-state index in [2.05, 4.69) is 10.3 Å². The van der Waals surface area contributed by atoms with E-state index in [1.165, 1.54) is 4.90 Å². The van der Waals surface area contributed by atoms with Crippen molar-refractivity contribution in [3.05, 3.63) is 36.0 Å². The number of imide groups is 1. The van der Waals surface area contributed by atoms with Gasteiger partial charge in [-0.3, -0.25) is 9.69 Å². The third-order valence-electron chi connectivity index (χ3n) is 4.56. The summed E-state index contributed by atoms with van der Waals surface area (Å²) in [5, 5.41) is 3.82. The average Bonchev–Trinajstić information content (AvgIpc) is 2.83. The van der Waals surface area contributed by atoms with E-state index in [1.54, 1.807) is 0 Å². The summed E-state index contributed by atoms with van der Waals surface area (Å²) in [6, 6.07) is 6.98. The van der Waals surface area contributed by atoms with Crippen LogP contribution in [0, 0.1) is 5.92 Å². The zero-order chi connectivity index (χ0) is 16.2. The van der Waals surface area contributed by atoms with Crippen LogP contribution < -0.4 is 5.32 Å². The molecule has 0 bridgehead atoms. The molecule has 1 aromatic carbocycles. The number of carbonyl (C=O) groups is 2. The quantitative estimate of drug-likeness (QED) is 0.657. The van der Waals surface area contributed by atoms with Gasteiger partial charge in [0, 0.05) is 36.0 Å². The maximum Gasteiger partial charge on any atom is 0.324 e. The minimum Gasteiger partial charge on any atom is -0.361 e. The molecule has 1 aliphatic heterocycles. The number of aromatic amines is 1. The molecule has 4 rings (SSSR count). The SMILES string of the molecule is O=C1NC(Cc2c[nH]c3ccccc23)C(=O)N1CC1CC1(Cl)Cl. The molecule has 0 radical (unpaired) electrons. The van der Waals surface area contributed by atoms with Crippen LogP contribution in [0.5, 0.6) is 0 Å². The first-order chi connectivity index (χ1) is 11.0. The van der Waals surface area contributed by atoms with Crippen molar-refractivity contribution in [3.8, 4) is 0 Å². The van der Waals surface area contributed by atoms with Crippen LogP contribution in [0.4, 0.5) is 4.79 Å². The fraction of sp³-hybridized carbons (Fsp3) is 0.375. The van der Waals surface area contributed by atoms with E-state index in [4.69, 9.17) is 23.2 Å². The third kappa shape index (κ3) is 2.58. The topological polar surface area (TPSA) is 65.2 Å². The molecule has 2 aromatic rings. The summed E-state index contributed by atoms with van der Waals surface area (Å²) in [6.45, 7) is 0.280. The fourth-order valence-corrected chi connectivity index (χ4v) is 3.61. The maximum atomic E-state index is 12.5. The van der Waals surface area contributed by atoms with Crippen molar-refractivity contribution in [1.29, 1.82) is 0 Å².